The van der Waals surface area contributed by atoms with E-state index in [2.05, 4.69) is 15.4 Å². The number of alkyl halides is 6. The van der Waals surface area contributed by atoms with Crippen molar-refractivity contribution < 1.29 is 49.8 Å². The Kier molecular flexibility index (Phi) is 10.8. The lowest BCUT2D eigenvalue weighted by molar-refractivity contribution is -0.143. The zero-order valence-corrected chi connectivity index (χ0v) is 25.3. The first-order chi connectivity index (χ1) is 20.6. The number of nitrogens with one attached hydrogen (secondary N) is 3. The molecule has 0 unspecified atom stereocenters. The molecule has 3 aromatic rings. The molecule has 45 heavy (non-hydrogen) atoms. The topological polar surface area (TPSA) is 128 Å². The Morgan fingerprint density at radius 1 is 0.844 bits per heavy atom. The molecular formula is C30H33F6N3O5S. The van der Waals surface area contributed by atoms with E-state index >= 15 is 0 Å². The second-order valence-electron chi connectivity index (χ2n) is 11.3. The van der Waals surface area contributed by atoms with Crippen molar-refractivity contribution >= 4 is 21.6 Å². The Bertz CT molecular complexity index is 1580. The van der Waals surface area contributed by atoms with Crippen LogP contribution < -0.4 is 15.4 Å². The number of hydrogen-bond donors (Lipinski definition) is 5. The monoisotopic (exact) mass is 661 g/mol. The molecule has 3 aromatic carbocycles. The number of carbonyl (C=O) groups excluding carboxylic acids is 1. The van der Waals surface area contributed by atoms with Crippen molar-refractivity contribution in [2.24, 2.45) is 0 Å². The lowest BCUT2D eigenvalue weighted by atomic mass is 9.93. The fraction of sp³-hybridized carbons (Fsp3) is 0.367. The Balaban J connectivity index is 1.55. The van der Waals surface area contributed by atoms with Crippen molar-refractivity contribution in [2.45, 2.75) is 57.2 Å². The molecule has 246 valence electrons. The van der Waals surface area contributed by atoms with Gasteiger partial charge in [-0.25, -0.2) is 8.42 Å². The van der Waals surface area contributed by atoms with E-state index in [4.69, 9.17) is 0 Å². The van der Waals surface area contributed by atoms with Gasteiger partial charge in [0.2, 0.25) is 15.9 Å². The molecule has 8 nitrogen and oxygen atoms in total. The normalized spacial score (nSPS) is 13.4. The summed E-state index contributed by atoms with van der Waals surface area (Å²) in [6.07, 6.45) is -9.71. The summed E-state index contributed by atoms with van der Waals surface area (Å²) in [6.45, 7) is 3.37. The molecule has 0 aliphatic carbocycles. The second-order valence-corrected chi connectivity index (χ2v) is 13.0. The maximum atomic E-state index is 13.1. The van der Waals surface area contributed by atoms with Crippen LogP contribution in [0.5, 0.6) is 5.75 Å². The fourth-order valence-corrected chi connectivity index (χ4v) is 5.01. The molecule has 0 spiro atoms. The number of phenols is 1. The number of β-amino-alcohol motifs (C(OH)–C–C–N with tert-alkyl or cyclic N) is 1. The minimum atomic E-state index is -4.98. The largest absolute Gasteiger partial charge is 0.506 e. The highest BCUT2D eigenvalue weighted by Gasteiger charge is 2.37. The van der Waals surface area contributed by atoms with Crippen LogP contribution in [0, 0.1) is 0 Å². The van der Waals surface area contributed by atoms with Crippen LogP contribution in [-0.4, -0.2) is 42.9 Å². The number of hydrogen-bond acceptors (Lipinski definition) is 6. The van der Waals surface area contributed by atoms with Crippen LogP contribution in [0.4, 0.5) is 32.0 Å². The molecule has 0 saturated carbocycles. The number of phenolic OH excluding ortho intramolecular Hbond substituents is 1. The third-order valence-corrected chi connectivity index (χ3v) is 7.24. The van der Waals surface area contributed by atoms with E-state index in [0.29, 0.717) is 29.7 Å². The van der Waals surface area contributed by atoms with Gasteiger partial charge in [-0.05, 0) is 72.9 Å². The van der Waals surface area contributed by atoms with Crippen LogP contribution in [0.2, 0.25) is 0 Å². The highest BCUT2D eigenvalue weighted by atomic mass is 32.2. The quantitative estimate of drug-likeness (QED) is 0.132. The van der Waals surface area contributed by atoms with Crippen LogP contribution >= 0.6 is 0 Å². The van der Waals surface area contributed by atoms with Crippen molar-refractivity contribution in [3.63, 3.8) is 0 Å². The van der Waals surface area contributed by atoms with Crippen LogP contribution in [0.3, 0.4) is 0 Å². The first-order valence-corrected chi connectivity index (χ1v) is 15.4. The Morgan fingerprint density at radius 3 is 1.93 bits per heavy atom. The van der Waals surface area contributed by atoms with E-state index in [0.717, 1.165) is 11.8 Å². The standard InChI is InChI=1S/C30H33F6N3O5S/c1-28(2,38-17-26(41)21-8-9-25(40)24(13-21)39-45(3,43)44)15-19-6-4-18(5-7-19)12-27(42)37-16-20-10-22(29(31,32)33)14-23(11-20)30(34,35)36/h4-11,13-14,26,38-41H,12,15-17H2,1-3H3,(H,37,42)/t26-/m1/s1. The van der Waals surface area contributed by atoms with Crippen molar-refractivity contribution in [2.75, 3.05) is 17.5 Å². The summed E-state index contributed by atoms with van der Waals surface area (Å²) in [5.74, 6) is -0.880. The van der Waals surface area contributed by atoms with Crippen molar-refractivity contribution in [1.82, 2.24) is 10.6 Å². The molecule has 0 aliphatic heterocycles. The van der Waals surface area contributed by atoms with Crippen LogP contribution in [0.25, 0.3) is 0 Å². The van der Waals surface area contributed by atoms with Gasteiger partial charge in [0.05, 0.1) is 35.6 Å². The number of rotatable bonds is 12. The van der Waals surface area contributed by atoms with Gasteiger partial charge in [0.25, 0.3) is 0 Å². The molecule has 3 rings (SSSR count). The number of anilines is 1. The minimum absolute atomic E-state index is 0.0262. The summed E-state index contributed by atoms with van der Waals surface area (Å²) in [4.78, 5) is 12.4. The summed E-state index contributed by atoms with van der Waals surface area (Å²) >= 11 is 0. The summed E-state index contributed by atoms with van der Waals surface area (Å²) in [5, 5.41) is 26.1. The summed E-state index contributed by atoms with van der Waals surface area (Å²) in [6, 6.07) is 12.1. The summed E-state index contributed by atoms with van der Waals surface area (Å²) in [7, 11) is -3.65. The first-order valence-electron chi connectivity index (χ1n) is 13.5. The number of halogens is 6. The number of carbonyl (C=O) groups is 1. The number of amides is 1. The SMILES string of the molecule is CC(C)(Cc1ccc(CC(=O)NCc2cc(C(F)(F)F)cc(C(F)(F)F)c2)cc1)NC[C@@H](O)c1ccc(O)c(NS(C)(=O)=O)c1. The van der Waals surface area contributed by atoms with Gasteiger partial charge in [0.1, 0.15) is 5.75 Å². The van der Waals surface area contributed by atoms with Crippen LogP contribution in [0.1, 0.15) is 53.3 Å². The molecule has 1 amide bonds. The van der Waals surface area contributed by atoms with E-state index in [1.54, 1.807) is 24.3 Å². The molecule has 1 atom stereocenters. The second kappa shape index (κ2) is 13.7. The van der Waals surface area contributed by atoms with Gasteiger partial charge >= 0.3 is 12.4 Å². The number of sulfonamides is 1. The zero-order valence-electron chi connectivity index (χ0n) is 24.5. The van der Waals surface area contributed by atoms with Gasteiger partial charge in [-0.1, -0.05) is 30.3 Å². The van der Waals surface area contributed by atoms with Gasteiger partial charge in [0, 0.05) is 18.6 Å². The molecule has 0 bridgehead atoms. The lowest BCUT2D eigenvalue weighted by Crippen LogP contribution is -2.43. The van der Waals surface area contributed by atoms with E-state index in [1.807, 2.05) is 13.8 Å². The Hall–Kier alpha value is -3.82. The molecule has 0 heterocycles. The van der Waals surface area contributed by atoms with E-state index in [1.165, 1.54) is 18.2 Å². The van der Waals surface area contributed by atoms with Gasteiger partial charge in [-0.3, -0.25) is 9.52 Å². The highest BCUT2D eigenvalue weighted by Crippen LogP contribution is 2.36. The molecule has 0 saturated heterocycles. The third kappa shape index (κ3) is 11.2. The molecular weight excluding hydrogens is 628 g/mol. The zero-order chi connectivity index (χ0) is 33.8. The van der Waals surface area contributed by atoms with E-state index in [-0.39, 0.29) is 36.0 Å². The van der Waals surface area contributed by atoms with Crippen molar-refractivity contribution in [3.05, 3.63) is 94.0 Å². The average Bonchev–Trinajstić information content (AvgIpc) is 2.91. The smallest absolute Gasteiger partial charge is 0.416 e. The molecule has 0 radical (unpaired) electrons. The number of aromatic hydroxyl groups is 1. The van der Waals surface area contributed by atoms with Crippen molar-refractivity contribution in [3.8, 4) is 5.75 Å². The van der Waals surface area contributed by atoms with Crippen LogP contribution in [0.15, 0.2) is 60.7 Å². The first kappa shape index (κ1) is 35.7. The molecule has 0 aromatic heterocycles. The highest BCUT2D eigenvalue weighted by molar-refractivity contribution is 7.92. The fourth-order valence-electron chi connectivity index (χ4n) is 4.45. The van der Waals surface area contributed by atoms with Gasteiger partial charge in [0.15, 0.2) is 0 Å². The summed E-state index contributed by atoms with van der Waals surface area (Å²) < 4.78 is 104. The lowest BCUT2D eigenvalue weighted by Gasteiger charge is -2.28. The maximum Gasteiger partial charge on any atom is 0.416 e. The third-order valence-electron chi connectivity index (χ3n) is 6.65. The maximum absolute atomic E-state index is 13.1. The van der Waals surface area contributed by atoms with Gasteiger partial charge in [-0.15, -0.1) is 0 Å². The predicted octanol–water partition coefficient (Wildman–Crippen LogP) is 5.30. The number of benzene rings is 3. The molecule has 5 N–H and O–H groups in total. The predicted molar refractivity (Wildman–Crippen MR) is 156 cm³/mol. The van der Waals surface area contributed by atoms with Crippen molar-refractivity contribution in [1.29, 1.82) is 0 Å². The van der Waals surface area contributed by atoms with E-state index in [9.17, 15) is 49.8 Å². The molecule has 0 fully saturated rings. The Morgan fingerprint density at radius 2 is 1.40 bits per heavy atom. The van der Waals surface area contributed by atoms with Gasteiger partial charge < -0.3 is 20.8 Å². The minimum Gasteiger partial charge on any atom is -0.506 e. The average molecular weight is 662 g/mol. The van der Waals surface area contributed by atoms with Crippen LogP contribution in [-0.2, 0) is 46.6 Å². The van der Waals surface area contributed by atoms with Gasteiger partial charge in [-0.2, -0.15) is 26.3 Å². The van der Waals surface area contributed by atoms with E-state index < -0.39 is 57.6 Å². The molecule has 15 heteroatoms. The number of aliphatic hydroxyl groups excluding tert-OH is 1. The number of aliphatic hydroxyl groups is 1. The summed E-state index contributed by atoms with van der Waals surface area (Å²) in [5.41, 5.74) is -2.02. The molecule has 0 aliphatic rings. The Labute approximate surface area is 256 Å².